The highest BCUT2D eigenvalue weighted by Gasteiger charge is 2.18. The third kappa shape index (κ3) is 6.30. The zero-order valence-electron chi connectivity index (χ0n) is 18.4. The van der Waals surface area contributed by atoms with Crippen molar-refractivity contribution >= 4 is 46.7 Å². The fraction of sp³-hybridized carbons (Fsp3) is 0.125. The quantitative estimate of drug-likeness (QED) is 0.257. The first-order chi connectivity index (χ1) is 16.8. The summed E-state index contributed by atoms with van der Waals surface area (Å²) in [7, 11) is 0. The lowest BCUT2D eigenvalue weighted by Gasteiger charge is -2.13. The monoisotopic (exact) mass is 533 g/mol. The Balaban J connectivity index is 1.55. The van der Waals surface area contributed by atoms with Crippen LogP contribution in [0.2, 0.25) is 10.0 Å². The van der Waals surface area contributed by atoms with Gasteiger partial charge in [-0.25, -0.2) is 13.6 Å². The zero-order chi connectivity index (χ0) is 24.9. The first kappa shape index (κ1) is 25.0. The Morgan fingerprint density at radius 3 is 2.63 bits per heavy atom. The number of halogens is 4. The molecule has 1 aromatic heterocycles. The van der Waals surface area contributed by atoms with E-state index in [0.717, 1.165) is 23.3 Å². The summed E-state index contributed by atoms with van der Waals surface area (Å²) in [6, 6.07) is 15.6. The van der Waals surface area contributed by atoms with Crippen LogP contribution >= 0.6 is 35.0 Å². The number of aryl methyl sites for hydroxylation is 1. The number of aromatic nitrogens is 3. The number of amides is 2. The number of benzene rings is 3. The predicted molar refractivity (Wildman–Crippen MR) is 134 cm³/mol. The summed E-state index contributed by atoms with van der Waals surface area (Å²) < 4.78 is 28.3. The van der Waals surface area contributed by atoms with Crippen molar-refractivity contribution in [3.8, 4) is 5.69 Å². The Bertz CT molecular complexity index is 1380. The van der Waals surface area contributed by atoms with Crippen LogP contribution in [0.3, 0.4) is 0 Å². The number of anilines is 1. The zero-order valence-corrected chi connectivity index (χ0v) is 20.7. The minimum atomic E-state index is -1.06. The third-order valence-corrected chi connectivity index (χ3v) is 6.44. The summed E-state index contributed by atoms with van der Waals surface area (Å²) in [6.07, 6.45) is 0. The molecule has 4 rings (SSSR count). The fourth-order valence-electron chi connectivity index (χ4n) is 3.27. The molecule has 4 aromatic rings. The van der Waals surface area contributed by atoms with Crippen molar-refractivity contribution < 1.29 is 13.6 Å². The molecule has 11 heteroatoms. The summed E-state index contributed by atoms with van der Waals surface area (Å²) in [5.74, 6) is -1.02. The second-order valence-electron chi connectivity index (χ2n) is 7.54. The summed E-state index contributed by atoms with van der Waals surface area (Å²) >= 11 is 14.1. The first-order valence-corrected chi connectivity index (χ1v) is 12.1. The van der Waals surface area contributed by atoms with Gasteiger partial charge >= 0.3 is 6.03 Å². The molecule has 3 aromatic carbocycles. The van der Waals surface area contributed by atoms with Gasteiger partial charge in [-0.1, -0.05) is 64.8 Å². The number of nitrogens with one attached hydrogen (secondary N) is 2. The van der Waals surface area contributed by atoms with Crippen molar-refractivity contribution in [1.82, 2.24) is 20.1 Å². The van der Waals surface area contributed by atoms with Gasteiger partial charge in [-0.2, -0.15) is 0 Å². The van der Waals surface area contributed by atoms with Crippen molar-refractivity contribution in [3.05, 3.63) is 99.3 Å². The summed E-state index contributed by atoms with van der Waals surface area (Å²) in [5, 5.41) is 15.1. The molecule has 2 amide bonds. The number of nitrogens with zero attached hydrogens (tertiary/aromatic N) is 3. The smallest absolute Gasteiger partial charge is 0.319 e. The second kappa shape index (κ2) is 11.1. The van der Waals surface area contributed by atoms with E-state index in [2.05, 4.69) is 26.9 Å². The Morgan fingerprint density at radius 1 is 1.03 bits per heavy atom. The van der Waals surface area contributed by atoms with Crippen LogP contribution in [-0.2, 0) is 12.3 Å². The molecule has 2 N–H and O–H groups in total. The molecule has 0 aliphatic carbocycles. The molecule has 180 valence electrons. The lowest BCUT2D eigenvalue weighted by molar-refractivity contribution is 0.251. The highest BCUT2D eigenvalue weighted by Crippen LogP contribution is 2.31. The molecule has 0 atom stereocenters. The minimum Gasteiger partial charge on any atom is -0.331 e. The van der Waals surface area contributed by atoms with Gasteiger partial charge in [0.25, 0.3) is 0 Å². The summed E-state index contributed by atoms with van der Waals surface area (Å²) in [6.45, 7) is 2.01. The molecule has 0 fully saturated rings. The van der Waals surface area contributed by atoms with Crippen molar-refractivity contribution in [2.24, 2.45) is 0 Å². The highest BCUT2D eigenvalue weighted by atomic mass is 35.5. The van der Waals surface area contributed by atoms with E-state index in [-0.39, 0.29) is 12.2 Å². The topological polar surface area (TPSA) is 71.8 Å². The van der Waals surface area contributed by atoms with Crippen LogP contribution in [0, 0.1) is 18.6 Å². The number of rotatable bonds is 7. The maximum Gasteiger partial charge on any atom is 0.319 e. The van der Waals surface area contributed by atoms with Crippen LogP contribution in [0.15, 0.2) is 65.8 Å². The van der Waals surface area contributed by atoms with E-state index in [0.29, 0.717) is 32.5 Å². The van der Waals surface area contributed by atoms with Gasteiger partial charge in [-0.15, -0.1) is 10.2 Å². The van der Waals surface area contributed by atoms with Gasteiger partial charge < -0.3 is 10.6 Å². The molecule has 6 nitrogen and oxygen atoms in total. The van der Waals surface area contributed by atoms with E-state index in [9.17, 15) is 13.6 Å². The second-order valence-corrected chi connectivity index (χ2v) is 9.33. The molecule has 0 bridgehead atoms. The highest BCUT2D eigenvalue weighted by molar-refractivity contribution is 7.98. The van der Waals surface area contributed by atoms with Crippen molar-refractivity contribution in [3.63, 3.8) is 0 Å². The number of carbonyl (C=O) groups excluding carboxylic acids is 1. The van der Waals surface area contributed by atoms with Crippen molar-refractivity contribution in [1.29, 1.82) is 0 Å². The molecule has 0 spiro atoms. The number of hydrogen-bond acceptors (Lipinski definition) is 4. The Labute approximate surface area is 214 Å². The van der Waals surface area contributed by atoms with Crippen LogP contribution in [0.25, 0.3) is 5.69 Å². The van der Waals surface area contributed by atoms with Gasteiger partial charge in [0.15, 0.2) is 22.6 Å². The SMILES string of the molecule is Cc1cccc(CSc2nnc(CNC(=O)Nc3ccc(F)c(F)c3)n2-c2cc(Cl)ccc2Cl)c1. The van der Waals surface area contributed by atoms with Gasteiger partial charge in [0, 0.05) is 22.5 Å². The molecule has 0 unspecified atom stereocenters. The Morgan fingerprint density at radius 2 is 1.86 bits per heavy atom. The van der Waals surface area contributed by atoms with Gasteiger partial charge in [-0.05, 0) is 42.8 Å². The maximum absolute atomic E-state index is 13.4. The molecule has 0 radical (unpaired) electrons. The summed E-state index contributed by atoms with van der Waals surface area (Å²) in [4.78, 5) is 12.4. The largest absolute Gasteiger partial charge is 0.331 e. The van der Waals surface area contributed by atoms with E-state index in [1.165, 1.54) is 17.8 Å². The molecule has 35 heavy (non-hydrogen) atoms. The Kier molecular flexibility index (Phi) is 7.90. The van der Waals surface area contributed by atoms with Crippen LogP contribution in [-0.4, -0.2) is 20.8 Å². The maximum atomic E-state index is 13.4. The number of carbonyl (C=O) groups is 1. The molecule has 0 aliphatic heterocycles. The number of thioether (sulfide) groups is 1. The lowest BCUT2D eigenvalue weighted by atomic mass is 10.2. The Hall–Kier alpha value is -3.14. The van der Waals surface area contributed by atoms with E-state index in [1.54, 1.807) is 22.8 Å². The third-order valence-electron chi connectivity index (χ3n) is 4.88. The van der Waals surface area contributed by atoms with Gasteiger partial charge in [0.1, 0.15) is 0 Å². The van der Waals surface area contributed by atoms with Gasteiger partial charge in [0.2, 0.25) is 0 Å². The summed E-state index contributed by atoms with van der Waals surface area (Å²) in [5.41, 5.74) is 2.94. The number of urea groups is 1. The molecular weight excluding hydrogens is 515 g/mol. The first-order valence-electron chi connectivity index (χ1n) is 10.4. The normalized spacial score (nSPS) is 10.9. The standard InChI is InChI=1S/C24H19Cl2F2N5OS/c1-14-3-2-4-15(9-14)13-35-24-32-31-22(33(24)21-10-16(25)5-7-18(21)26)12-29-23(34)30-17-6-8-19(27)20(28)11-17/h2-11H,12-13H2,1H3,(H2,29,30,34). The predicted octanol–water partition coefficient (Wildman–Crippen LogP) is 6.77. The van der Waals surface area contributed by atoms with Crippen molar-refractivity contribution in [2.45, 2.75) is 24.4 Å². The van der Waals surface area contributed by atoms with Crippen LogP contribution in [0.4, 0.5) is 19.3 Å². The lowest BCUT2D eigenvalue weighted by Crippen LogP contribution is -2.29. The van der Waals surface area contributed by atoms with Gasteiger partial charge in [0.05, 0.1) is 17.3 Å². The number of hydrogen-bond donors (Lipinski definition) is 2. The van der Waals surface area contributed by atoms with Crippen molar-refractivity contribution in [2.75, 3.05) is 5.32 Å². The molecular formula is C24H19Cl2F2N5OS. The van der Waals surface area contributed by atoms with Crippen LogP contribution < -0.4 is 10.6 Å². The molecule has 0 aliphatic rings. The van der Waals surface area contributed by atoms with Crippen LogP contribution in [0.5, 0.6) is 0 Å². The molecule has 1 heterocycles. The van der Waals surface area contributed by atoms with Crippen LogP contribution in [0.1, 0.15) is 17.0 Å². The van der Waals surface area contributed by atoms with E-state index in [4.69, 9.17) is 23.2 Å². The molecule has 0 saturated carbocycles. The fourth-order valence-corrected chi connectivity index (χ4v) is 4.54. The average Bonchev–Trinajstić information content (AvgIpc) is 3.23. The van der Waals surface area contributed by atoms with Gasteiger partial charge in [-0.3, -0.25) is 4.57 Å². The van der Waals surface area contributed by atoms with E-state index >= 15 is 0 Å². The molecule has 0 saturated heterocycles. The van der Waals surface area contributed by atoms with E-state index < -0.39 is 17.7 Å². The van der Waals surface area contributed by atoms with E-state index in [1.807, 2.05) is 25.1 Å². The minimum absolute atomic E-state index is 0.0175. The average molecular weight is 534 g/mol.